The number of anilines is 1. The lowest BCUT2D eigenvalue weighted by atomic mass is 10.00. The molecule has 0 atom stereocenters. The molecule has 0 spiro atoms. The third-order valence-corrected chi connectivity index (χ3v) is 4.65. The average Bonchev–Trinajstić information content (AvgIpc) is 3.18. The van der Waals surface area contributed by atoms with E-state index in [0.717, 1.165) is 11.2 Å². The van der Waals surface area contributed by atoms with Crippen LogP contribution in [0.3, 0.4) is 0 Å². The van der Waals surface area contributed by atoms with Gasteiger partial charge >= 0.3 is 0 Å². The molecule has 0 aliphatic carbocycles. The van der Waals surface area contributed by atoms with Gasteiger partial charge in [0.1, 0.15) is 17.7 Å². The summed E-state index contributed by atoms with van der Waals surface area (Å²) in [6.07, 6.45) is 1.68. The second kappa shape index (κ2) is 7.66. The summed E-state index contributed by atoms with van der Waals surface area (Å²) in [5, 5.41) is 2.71. The molecule has 4 aromatic rings. The molecule has 1 aromatic heterocycles. The third kappa shape index (κ3) is 3.28. The number of carbonyl (C=O) groups excluding carboxylic acids is 2. The van der Waals surface area contributed by atoms with Gasteiger partial charge in [-0.3, -0.25) is 14.2 Å². The Morgan fingerprint density at radius 3 is 2.29 bits per heavy atom. The first kappa shape index (κ1) is 17.9. The zero-order valence-corrected chi connectivity index (χ0v) is 15.6. The largest absolute Gasteiger partial charge is 0.324 e. The second-order valence-electron chi connectivity index (χ2n) is 6.18. The van der Waals surface area contributed by atoms with Gasteiger partial charge in [0, 0.05) is 11.3 Å². The SMILES string of the molecule is O=C(CCl)Nc1ccc2c(ncn2-c2ccccc2)c1C(=O)c1ccccc1. The number of aromatic nitrogens is 2. The molecule has 6 heteroatoms. The highest BCUT2D eigenvalue weighted by Gasteiger charge is 2.21. The summed E-state index contributed by atoms with van der Waals surface area (Å²) >= 11 is 5.64. The normalized spacial score (nSPS) is 10.8. The number of nitrogens with zero attached hydrogens (tertiary/aromatic N) is 2. The van der Waals surface area contributed by atoms with Crippen LogP contribution in [-0.4, -0.2) is 27.1 Å². The molecule has 0 aliphatic rings. The number of para-hydroxylation sites is 1. The highest BCUT2D eigenvalue weighted by Crippen LogP contribution is 2.29. The summed E-state index contributed by atoms with van der Waals surface area (Å²) in [5.41, 5.74) is 3.48. The molecule has 3 aromatic carbocycles. The Balaban J connectivity index is 1.92. The van der Waals surface area contributed by atoms with Crippen molar-refractivity contribution in [3.63, 3.8) is 0 Å². The smallest absolute Gasteiger partial charge is 0.239 e. The molecule has 0 bridgehead atoms. The summed E-state index contributed by atoms with van der Waals surface area (Å²) in [6, 6.07) is 22.2. The van der Waals surface area contributed by atoms with Crippen LogP contribution in [0.25, 0.3) is 16.7 Å². The molecule has 0 aliphatic heterocycles. The highest BCUT2D eigenvalue weighted by atomic mass is 35.5. The Morgan fingerprint density at radius 1 is 0.929 bits per heavy atom. The number of benzene rings is 3. The number of ketones is 1. The van der Waals surface area contributed by atoms with Crippen LogP contribution in [0.2, 0.25) is 0 Å². The molecule has 1 heterocycles. The third-order valence-electron chi connectivity index (χ3n) is 4.41. The van der Waals surface area contributed by atoms with E-state index in [9.17, 15) is 9.59 Å². The van der Waals surface area contributed by atoms with Gasteiger partial charge in [-0.1, -0.05) is 48.5 Å². The fraction of sp³-hybridized carbons (Fsp3) is 0.0455. The van der Waals surface area contributed by atoms with Crippen molar-refractivity contribution in [1.29, 1.82) is 0 Å². The standard InChI is InChI=1S/C22H16ClN3O2/c23-13-19(27)25-17-11-12-18-21(20(17)22(28)15-7-3-1-4-8-15)24-14-26(18)16-9-5-2-6-10-16/h1-12,14H,13H2,(H,25,27). The topological polar surface area (TPSA) is 64.0 Å². The number of amides is 1. The van der Waals surface area contributed by atoms with E-state index >= 15 is 0 Å². The van der Waals surface area contributed by atoms with Gasteiger partial charge in [0.2, 0.25) is 5.91 Å². The average molecular weight is 390 g/mol. The number of alkyl halides is 1. The van der Waals surface area contributed by atoms with E-state index in [2.05, 4.69) is 10.3 Å². The molecule has 1 amide bonds. The van der Waals surface area contributed by atoms with Gasteiger partial charge in [-0.05, 0) is 24.3 Å². The summed E-state index contributed by atoms with van der Waals surface area (Å²) in [4.78, 5) is 29.6. The Morgan fingerprint density at radius 2 is 1.61 bits per heavy atom. The van der Waals surface area contributed by atoms with Crippen molar-refractivity contribution < 1.29 is 9.59 Å². The number of carbonyl (C=O) groups is 2. The number of hydrogen-bond donors (Lipinski definition) is 1. The Labute approximate surface area is 166 Å². The molecule has 28 heavy (non-hydrogen) atoms. The Kier molecular flexibility index (Phi) is 4.91. The van der Waals surface area contributed by atoms with E-state index in [1.165, 1.54) is 0 Å². The van der Waals surface area contributed by atoms with E-state index in [1.54, 1.807) is 36.7 Å². The van der Waals surface area contributed by atoms with Crippen molar-refractivity contribution in [1.82, 2.24) is 9.55 Å². The van der Waals surface area contributed by atoms with Crippen molar-refractivity contribution in [2.75, 3.05) is 11.2 Å². The number of imidazole rings is 1. The van der Waals surface area contributed by atoms with Gasteiger partial charge in [-0.2, -0.15) is 0 Å². The van der Waals surface area contributed by atoms with Gasteiger partial charge in [-0.15, -0.1) is 11.6 Å². The van der Waals surface area contributed by atoms with Gasteiger partial charge < -0.3 is 5.32 Å². The second-order valence-corrected chi connectivity index (χ2v) is 6.45. The Hall–Kier alpha value is -3.44. The zero-order valence-electron chi connectivity index (χ0n) is 14.8. The fourth-order valence-electron chi connectivity index (χ4n) is 3.13. The lowest BCUT2D eigenvalue weighted by Crippen LogP contribution is -2.16. The van der Waals surface area contributed by atoms with Gasteiger partial charge in [0.05, 0.1) is 16.8 Å². The fourth-order valence-corrected chi connectivity index (χ4v) is 3.20. The van der Waals surface area contributed by atoms with Crippen molar-refractivity contribution in [2.45, 2.75) is 0 Å². The van der Waals surface area contributed by atoms with E-state index in [0.29, 0.717) is 22.3 Å². The molecule has 0 fully saturated rings. The minimum atomic E-state index is -0.384. The lowest BCUT2D eigenvalue weighted by Gasteiger charge is -2.12. The molecule has 0 saturated heterocycles. The van der Waals surface area contributed by atoms with Gasteiger partial charge in [0.15, 0.2) is 5.78 Å². The number of nitrogens with one attached hydrogen (secondary N) is 1. The van der Waals surface area contributed by atoms with Crippen molar-refractivity contribution in [3.8, 4) is 5.69 Å². The van der Waals surface area contributed by atoms with Crippen LogP contribution >= 0.6 is 11.6 Å². The van der Waals surface area contributed by atoms with Crippen LogP contribution in [0, 0.1) is 0 Å². The predicted octanol–water partition coefficient (Wildman–Crippen LogP) is 4.43. The number of fused-ring (bicyclic) bond motifs is 1. The summed E-state index contributed by atoms with van der Waals surface area (Å²) in [6.45, 7) is 0. The predicted molar refractivity (Wildman–Crippen MR) is 110 cm³/mol. The first-order chi connectivity index (χ1) is 13.7. The van der Waals surface area contributed by atoms with Crippen LogP contribution < -0.4 is 5.32 Å². The van der Waals surface area contributed by atoms with E-state index in [1.807, 2.05) is 47.0 Å². The van der Waals surface area contributed by atoms with Crippen molar-refractivity contribution in [2.24, 2.45) is 0 Å². The maximum Gasteiger partial charge on any atom is 0.239 e. The Bertz CT molecular complexity index is 1150. The molecule has 0 radical (unpaired) electrons. The lowest BCUT2D eigenvalue weighted by molar-refractivity contribution is -0.113. The first-order valence-electron chi connectivity index (χ1n) is 8.70. The summed E-state index contributed by atoms with van der Waals surface area (Å²) in [5.74, 6) is -0.796. The number of hydrogen-bond acceptors (Lipinski definition) is 3. The monoisotopic (exact) mass is 389 g/mol. The van der Waals surface area contributed by atoms with Gasteiger partial charge in [0.25, 0.3) is 0 Å². The summed E-state index contributed by atoms with van der Waals surface area (Å²) in [7, 11) is 0. The minimum absolute atomic E-state index is 0.199. The maximum absolute atomic E-state index is 13.3. The van der Waals surface area contributed by atoms with E-state index < -0.39 is 0 Å². The molecule has 0 saturated carbocycles. The molecule has 1 N–H and O–H groups in total. The van der Waals surface area contributed by atoms with Gasteiger partial charge in [-0.25, -0.2) is 4.98 Å². The molecule has 5 nitrogen and oxygen atoms in total. The quantitative estimate of drug-likeness (QED) is 0.405. The zero-order chi connectivity index (χ0) is 19.5. The van der Waals surface area contributed by atoms with Crippen LogP contribution in [0.1, 0.15) is 15.9 Å². The molecule has 0 unspecified atom stereocenters. The van der Waals surface area contributed by atoms with Crippen LogP contribution in [0.4, 0.5) is 5.69 Å². The molecular formula is C22H16ClN3O2. The van der Waals surface area contributed by atoms with E-state index in [-0.39, 0.29) is 17.6 Å². The van der Waals surface area contributed by atoms with Crippen molar-refractivity contribution >= 4 is 40.0 Å². The van der Waals surface area contributed by atoms with Crippen LogP contribution in [0.15, 0.2) is 79.1 Å². The number of rotatable bonds is 5. The highest BCUT2D eigenvalue weighted by molar-refractivity contribution is 6.29. The molecule has 138 valence electrons. The van der Waals surface area contributed by atoms with E-state index in [4.69, 9.17) is 11.6 Å². The molecule has 4 rings (SSSR count). The van der Waals surface area contributed by atoms with Crippen LogP contribution in [0.5, 0.6) is 0 Å². The van der Waals surface area contributed by atoms with Crippen LogP contribution in [-0.2, 0) is 4.79 Å². The molecular weight excluding hydrogens is 374 g/mol. The first-order valence-corrected chi connectivity index (χ1v) is 9.23. The summed E-state index contributed by atoms with van der Waals surface area (Å²) < 4.78 is 1.91. The number of halogens is 1. The maximum atomic E-state index is 13.3. The minimum Gasteiger partial charge on any atom is -0.324 e. The van der Waals surface area contributed by atoms with Crippen molar-refractivity contribution in [3.05, 3.63) is 90.3 Å².